The van der Waals surface area contributed by atoms with Gasteiger partial charge in [-0.2, -0.15) is 0 Å². The normalized spacial score (nSPS) is 18.3. The summed E-state index contributed by atoms with van der Waals surface area (Å²) in [4.78, 5) is 12.0. The highest BCUT2D eigenvalue weighted by molar-refractivity contribution is 5.98. The van der Waals surface area contributed by atoms with E-state index in [-0.39, 0.29) is 11.3 Å². The van der Waals surface area contributed by atoms with E-state index in [0.717, 1.165) is 30.4 Å². The van der Waals surface area contributed by atoms with Crippen LogP contribution in [0, 0.1) is 6.92 Å². The molecule has 1 saturated carbocycles. The summed E-state index contributed by atoms with van der Waals surface area (Å²) in [6, 6.07) is 7.72. The van der Waals surface area contributed by atoms with E-state index in [1.165, 1.54) is 0 Å². The van der Waals surface area contributed by atoms with E-state index in [1.807, 2.05) is 31.2 Å². The lowest BCUT2D eigenvalue weighted by molar-refractivity contribution is 0.0911. The molecule has 1 fully saturated rings. The molecule has 1 aliphatic carbocycles. The molecule has 0 bridgehead atoms. The molecule has 0 atom stereocenters. The molecule has 0 heterocycles. The summed E-state index contributed by atoms with van der Waals surface area (Å²) in [6.45, 7) is 1.97. The Morgan fingerprint density at radius 1 is 1.40 bits per heavy atom. The molecule has 0 unspecified atom stereocenters. The summed E-state index contributed by atoms with van der Waals surface area (Å²) in [5.74, 6) is 0.190. The smallest absolute Gasteiger partial charge is 0.164 e. The fraction of sp³-hybridized carbons (Fsp3) is 0.462. The average molecular weight is 203 g/mol. The molecular formula is C13H17NO. The first-order chi connectivity index (χ1) is 7.11. The summed E-state index contributed by atoms with van der Waals surface area (Å²) >= 11 is 0. The van der Waals surface area contributed by atoms with Crippen molar-refractivity contribution in [2.24, 2.45) is 5.73 Å². The molecule has 0 amide bonds. The fourth-order valence-electron chi connectivity index (χ4n) is 2.11. The van der Waals surface area contributed by atoms with E-state index < -0.39 is 0 Å². The molecule has 1 aromatic rings. The zero-order valence-electron chi connectivity index (χ0n) is 9.12. The number of hydrogen-bond acceptors (Lipinski definition) is 2. The molecular weight excluding hydrogens is 186 g/mol. The van der Waals surface area contributed by atoms with Crippen molar-refractivity contribution < 1.29 is 4.79 Å². The molecule has 2 nitrogen and oxygen atoms in total. The second kappa shape index (κ2) is 3.78. The number of benzene rings is 1. The fourth-order valence-corrected chi connectivity index (χ4v) is 2.11. The van der Waals surface area contributed by atoms with Gasteiger partial charge in [-0.3, -0.25) is 4.79 Å². The van der Waals surface area contributed by atoms with Gasteiger partial charge in [0.05, 0.1) is 0 Å². The van der Waals surface area contributed by atoms with E-state index in [9.17, 15) is 4.79 Å². The quantitative estimate of drug-likeness (QED) is 0.767. The molecule has 0 aromatic heterocycles. The van der Waals surface area contributed by atoms with Crippen LogP contribution < -0.4 is 5.73 Å². The minimum Gasteiger partial charge on any atom is -0.325 e. The Kier molecular flexibility index (Phi) is 2.61. The Hall–Kier alpha value is -1.15. The van der Waals surface area contributed by atoms with Gasteiger partial charge in [-0.1, -0.05) is 24.3 Å². The number of hydrogen-bond donors (Lipinski definition) is 1. The highest BCUT2D eigenvalue weighted by Gasteiger charge is 2.34. The van der Waals surface area contributed by atoms with Crippen LogP contribution in [0.15, 0.2) is 24.3 Å². The first-order valence-electron chi connectivity index (χ1n) is 5.48. The van der Waals surface area contributed by atoms with Crippen LogP contribution in [-0.4, -0.2) is 11.3 Å². The first kappa shape index (κ1) is 10.4. The largest absolute Gasteiger partial charge is 0.325 e. The number of nitrogens with two attached hydrogens (primary N) is 1. The summed E-state index contributed by atoms with van der Waals surface area (Å²) in [5.41, 5.74) is 7.74. The highest BCUT2D eigenvalue weighted by Crippen LogP contribution is 2.33. The van der Waals surface area contributed by atoms with Crippen molar-refractivity contribution in [3.8, 4) is 0 Å². The molecule has 15 heavy (non-hydrogen) atoms. The van der Waals surface area contributed by atoms with Crippen molar-refractivity contribution in [3.63, 3.8) is 0 Å². The van der Waals surface area contributed by atoms with Crippen LogP contribution >= 0.6 is 0 Å². The second-order valence-corrected chi connectivity index (χ2v) is 4.63. The van der Waals surface area contributed by atoms with E-state index in [2.05, 4.69) is 0 Å². The molecule has 1 aromatic carbocycles. The summed E-state index contributed by atoms with van der Waals surface area (Å²) < 4.78 is 0. The van der Waals surface area contributed by atoms with Crippen molar-refractivity contribution in [2.45, 2.75) is 38.1 Å². The van der Waals surface area contributed by atoms with Crippen LogP contribution in [-0.2, 0) is 0 Å². The van der Waals surface area contributed by atoms with Gasteiger partial charge in [-0.25, -0.2) is 0 Å². The van der Waals surface area contributed by atoms with Crippen LogP contribution in [0.5, 0.6) is 0 Å². The molecule has 0 radical (unpaired) electrons. The van der Waals surface area contributed by atoms with Crippen molar-refractivity contribution in [1.29, 1.82) is 0 Å². The third kappa shape index (κ3) is 2.10. The second-order valence-electron chi connectivity index (χ2n) is 4.63. The molecule has 80 valence electrons. The summed E-state index contributed by atoms with van der Waals surface area (Å²) in [5, 5.41) is 0. The van der Waals surface area contributed by atoms with Gasteiger partial charge in [-0.05, 0) is 31.7 Å². The third-order valence-electron chi connectivity index (χ3n) is 3.31. The molecule has 2 rings (SSSR count). The Morgan fingerprint density at radius 3 is 2.60 bits per heavy atom. The topological polar surface area (TPSA) is 43.1 Å². The van der Waals surface area contributed by atoms with Crippen molar-refractivity contribution in [2.75, 3.05) is 0 Å². The number of ketones is 1. The number of carbonyl (C=O) groups excluding carboxylic acids is 1. The standard InChI is InChI=1S/C13H17NO/c1-10-5-2-3-6-11(10)12(15)9-13(14)7-4-8-13/h2-3,5-6H,4,7-9,14H2,1H3. The molecule has 0 spiro atoms. The van der Waals surface area contributed by atoms with Crippen LogP contribution in [0.4, 0.5) is 0 Å². The van der Waals surface area contributed by atoms with Gasteiger partial charge >= 0.3 is 0 Å². The minimum atomic E-state index is -0.209. The lowest BCUT2D eigenvalue weighted by Gasteiger charge is -2.37. The highest BCUT2D eigenvalue weighted by atomic mass is 16.1. The lowest BCUT2D eigenvalue weighted by atomic mass is 9.73. The SMILES string of the molecule is Cc1ccccc1C(=O)CC1(N)CCC1. The molecule has 1 aliphatic rings. The van der Waals surface area contributed by atoms with Crippen LogP contribution in [0.25, 0.3) is 0 Å². The molecule has 2 heteroatoms. The lowest BCUT2D eigenvalue weighted by Crippen LogP contribution is -2.48. The van der Waals surface area contributed by atoms with Gasteiger partial charge < -0.3 is 5.73 Å². The monoisotopic (exact) mass is 203 g/mol. The van der Waals surface area contributed by atoms with Gasteiger partial charge in [0.15, 0.2) is 5.78 Å². The van der Waals surface area contributed by atoms with Crippen molar-refractivity contribution in [1.82, 2.24) is 0 Å². The maximum atomic E-state index is 12.0. The van der Waals surface area contributed by atoms with Gasteiger partial charge in [0.2, 0.25) is 0 Å². The zero-order chi connectivity index (χ0) is 10.9. The van der Waals surface area contributed by atoms with E-state index in [4.69, 9.17) is 5.73 Å². The third-order valence-corrected chi connectivity index (χ3v) is 3.31. The van der Waals surface area contributed by atoms with Crippen molar-refractivity contribution in [3.05, 3.63) is 35.4 Å². The Morgan fingerprint density at radius 2 is 2.07 bits per heavy atom. The van der Waals surface area contributed by atoms with Crippen molar-refractivity contribution >= 4 is 5.78 Å². The van der Waals surface area contributed by atoms with Crippen LogP contribution in [0.2, 0.25) is 0 Å². The van der Waals surface area contributed by atoms with Gasteiger partial charge in [0, 0.05) is 17.5 Å². The predicted molar refractivity (Wildman–Crippen MR) is 60.9 cm³/mol. The van der Waals surface area contributed by atoms with E-state index in [0.29, 0.717) is 6.42 Å². The Bertz CT molecular complexity index is 380. The number of Topliss-reactive ketones (excluding diaryl/α,β-unsaturated/α-hetero) is 1. The van der Waals surface area contributed by atoms with Gasteiger partial charge in [0.25, 0.3) is 0 Å². The maximum absolute atomic E-state index is 12.0. The zero-order valence-corrected chi connectivity index (χ0v) is 9.12. The van der Waals surface area contributed by atoms with Gasteiger partial charge in [-0.15, -0.1) is 0 Å². The van der Waals surface area contributed by atoms with Crippen LogP contribution in [0.1, 0.15) is 41.6 Å². The van der Waals surface area contributed by atoms with Crippen LogP contribution in [0.3, 0.4) is 0 Å². The van der Waals surface area contributed by atoms with E-state index >= 15 is 0 Å². The predicted octanol–water partition coefficient (Wildman–Crippen LogP) is 2.45. The number of rotatable bonds is 3. The molecule has 0 saturated heterocycles. The Balaban J connectivity index is 2.11. The first-order valence-corrected chi connectivity index (χ1v) is 5.48. The number of aryl methyl sites for hydroxylation is 1. The summed E-state index contributed by atoms with van der Waals surface area (Å²) in [6.07, 6.45) is 3.64. The molecule has 2 N–H and O–H groups in total. The number of carbonyl (C=O) groups is 1. The maximum Gasteiger partial charge on any atom is 0.164 e. The average Bonchev–Trinajstić information content (AvgIpc) is 2.16. The summed E-state index contributed by atoms with van der Waals surface area (Å²) in [7, 11) is 0. The Labute approximate surface area is 90.5 Å². The van der Waals surface area contributed by atoms with E-state index in [1.54, 1.807) is 0 Å². The molecule has 0 aliphatic heterocycles. The van der Waals surface area contributed by atoms with Gasteiger partial charge in [0.1, 0.15) is 0 Å². The minimum absolute atomic E-state index is 0.190.